The van der Waals surface area contributed by atoms with Gasteiger partial charge in [-0.05, 0) is 31.1 Å². The minimum absolute atomic E-state index is 0.0669. The summed E-state index contributed by atoms with van der Waals surface area (Å²) in [4.78, 5) is 12.0. The van der Waals surface area contributed by atoms with Crippen molar-refractivity contribution in [2.24, 2.45) is 17.8 Å². The van der Waals surface area contributed by atoms with Gasteiger partial charge in [0.2, 0.25) is 6.10 Å². The maximum absolute atomic E-state index is 12.8. The van der Waals surface area contributed by atoms with Gasteiger partial charge in [-0.3, -0.25) is 9.35 Å². The third-order valence-corrected chi connectivity index (χ3v) is 4.83. The summed E-state index contributed by atoms with van der Waals surface area (Å²) in [6.07, 6.45) is 1.11. The number of alkyl halides is 3. The van der Waals surface area contributed by atoms with E-state index >= 15 is 0 Å². The second-order valence-electron chi connectivity index (χ2n) is 5.82. The van der Waals surface area contributed by atoms with Crippen LogP contribution in [0.25, 0.3) is 0 Å². The number of esters is 1. The van der Waals surface area contributed by atoms with Crippen LogP contribution in [0.1, 0.15) is 19.3 Å². The van der Waals surface area contributed by atoms with Crippen molar-refractivity contribution in [3.63, 3.8) is 0 Å². The van der Waals surface area contributed by atoms with E-state index in [0.717, 1.165) is 0 Å². The van der Waals surface area contributed by atoms with Gasteiger partial charge in [0.15, 0.2) is 0 Å². The molecule has 1 saturated carbocycles. The van der Waals surface area contributed by atoms with Gasteiger partial charge in [0.1, 0.15) is 5.75 Å². The monoisotopic (exact) mass is 354 g/mol. The van der Waals surface area contributed by atoms with Crippen LogP contribution < -0.4 is 0 Å². The van der Waals surface area contributed by atoms with Gasteiger partial charge in [-0.25, -0.2) is 0 Å². The van der Waals surface area contributed by atoms with Gasteiger partial charge in [0.25, 0.3) is 10.1 Å². The maximum atomic E-state index is 12.8. The molecule has 2 aliphatic rings. The fourth-order valence-corrected chi connectivity index (χ4v) is 3.58. The summed E-state index contributed by atoms with van der Waals surface area (Å²) in [5.41, 5.74) is 0. The molecule has 0 bridgehead atoms. The first-order valence-corrected chi connectivity index (χ1v) is 8.74. The van der Waals surface area contributed by atoms with Crippen molar-refractivity contribution in [1.82, 2.24) is 0 Å². The molecule has 0 aromatic heterocycles. The summed E-state index contributed by atoms with van der Waals surface area (Å²) < 4.78 is 72.6. The predicted molar refractivity (Wildman–Crippen MR) is 75.0 cm³/mol. The lowest BCUT2D eigenvalue weighted by Gasteiger charge is -2.33. The molecule has 1 fully saturated rings. The van der Waals surface area contributed by atoms with E-state index in [0.29, 0.717) is 19.3 Å². The summed E-state index contributed by atoms with van der Waals surface area (Å²) in [5.74, 6) is -3.14. The molecule has 0 aromatic carbocycles. The number of allylic oxidation sites excluding steroid dienone is 4. The first kappa shape index (κ1) is 18.0. The number of carbonyl (C=O) groups excluding carboxylic acids is 1. The smallest absolute Gasteiger partial charge is 0.426 e. The Bertz CT molecular complexity index is 608. The van der Waals surface area contributed by atoms with Gasteiger partial charge < -0.3 is 4.74 Å². The molecule has 23 heavy (non-hydrogen) atoms. The molecular formula is C14H17F3O5S. The van der Waals surface area contributed by atoms with Crippen molar-refractivity contribution in [3.05, 3.63) is 24.3 Å². The minimum Gasteiger partial charge on any atom is -0.451 e. The molecule has 0 heterocycles. The van der Waals surface area contributed by atoms with E-state index < -0.39 is 40.0 Å². The summed E-state index contributed by atoms with van der Waals surface area (Å²) in [7, 11) is -4.92. The Morgan fingerprint density at radius 1 is 1.22 bits per heavy atom. The van der Waals surface area contributed by atoms with Gasteiger partial charge in [-0.2, -0.15) is 21.6 Å². The molecule has 2 rings (SSSR count). The van der Waals surface area contributed by atoms with E-state index in [1.807, 2.05) is 24.3 Å². The van der Waals surface area contributed by atoms with Crippen LogP contribution >= 0.6 is 0 Å². The second-order valence-corrected chi connectivity index (χ2v) is 7.32. The molecule has 0 aliphatic heterocycles. The molecule has 4 unspecified atom stereocenters. The standard InChI is InChI=1S/C14H17F3O5S/c15-14(16,17)12(8-23(19,20)21)22-13(18)11-6-5-9-3-1-2-4-10(9)7-11/h1-4,9-12H,5-8H2,(H,19,20,21). The molecule has 0 radical (unpaired) electrons. The van der Waals surface area contributed by atoms with E-state index in [4.69, 9.17) is 4.55 Å². The number of ether oxygens (including phenoxy) is 1. The average molecular weight is 354 g/mol. The Morgan fingerprint density at radius 2 is 1.83 bits per heavy atom. The molecular weight excluding hydrogens is 337 g/mol. The Kier molecular flexibility index (Phi) is 5.20. The average Bonchev–Trinajstić information content (AvgIpc) is 2.43. The number of rotatable bonds is 4. The van der Waals surface area contributed by atoms with Crippen LogP contribution in [0.3, 0.4) is 0 Å². The molecule has 2 aliphatic carbocycles. The second kappa shape index (κ2) is 6.64. The number of carbonyl (C=O) groups is 1. The largest absolute Gasteiger partial charge is 0.451 e. The molecule has 0 aromatic rings. The van der Waals surface area contributed by atoms with Gasteiger partial charge in [0.05, 0.1) is 5.92 Å². The summed E-state index contributed by atoms with van der Waals surface area (Å²) in [6.45, 7) is 0. The van der Waals surface area contributed by atoms with E-state index in [1.165, 1.54) is 0 Å². The molecule has 9 heteroatoms. The topological polar surface area (TPSA) is 80.7 Å². The van der Waals surface area contributed by atoms with Crippen LogP contribution in [-0.2, 0) is 19.6 Å². The highest BCUT2D eigenvalue weighted by Crippen LogP contribution is 2.38. The van der Waals surface area contributed by atoms with Crippen molar-refractivity contribution in [3.8, 4) is 0 Å². The summed E-state index contributed by atoms with van der Waals surface area (Å²) >= 11 is 0. The third kappa shape index (κ3) is 5.07. The van der Waals surface area contributed by atoms with Gasteiger partial charge in [-0.1, -0.05) is 24.3 Å². The van der Waals surface area contributed by atoms with E-state index in [2.05, 4.69) is 4.74 Å². The van der Waals surface area contributed by atoms with E-state index in [1.54, 1.807) is 0 Å². The maximum Gasteiger partial charge on any atom is 0.426 e. The lowest BCUT2D eigenvalue weighted by Crippen LogP contribution is -2.41. The fourth-order valence-electron chi connectivity index (χ4n) is 2.94. The van der Waals surface area contributed by atoms with Crippen LogP contribution in [0.15, 0.2) is 24.3 Å². The Hall–Kier alpha value is -1.35. The van der Waals surface area contributed by atoms with E-state index in [-0.39, 0.29) is 11.8 Å². The zero-order valence-electron chi connectivity index (χ0n) is 12.1. The quantitative estimate of drug-likeness (QED) is 0.620. The highest BCUT2D eigenvalue weighted by atomic mass is 32.2. The van der Waals surface area contributed by atoms with Crippen molar-refractivity contribution >= 4 is 16.1 Å². The summed E-state index contributed by atoms with van der Waals surface area (Å²) in [6, 6.07) is 0. The van der Waals surface area contributed by atoms with Gasteiger partial charge in [-0.15, -0.1) is 0 Å². The molecule has 0 amide bonds. The van der Waals surface area contributed by atoms with Crippen LogP contribution in [0.5, 0.6) is 0 Å². The van der Waals surface area contributed by atoms with Crippen LogP contribution in [0.2, 0.25) is 0 Å². The molecule has 1 N–H and O–H groups in total. The SMILES string of the molecule is O=C(OC(CS(=O)(=O)O)C(F)(F)F)C1CCC2C=CC=CC2C1. The van der Waals surface area contributed by atoms with Crippen molar-refractivity contribution in [2.75, 3.05) is 5.75 Å². The van der Waals surface area contributed by atoms with Crippen molar-refractivity contribution < 1.29 is 35.7 Å². The molecule has 130 valence electrons. The zero-order valence-corrected chi connectivity index (χ0v) is 12.9. The number of halogens is 3. The first-order valence-electron chi connectivity index (χ1n) is 7.13. The predicted octanol–water partition coefficient (Wildman–Crippen LogP) is 2.51. The number of hydrogen-bond donors (Lipinski definition) is 1. The number of fused-ring (bicyclic) bond motifs is 1. The molecule has 5 nitrogen and oxygen atoms in total. The Morgan fingerprint density at radius 3 is 2.39 bits per heavy atom. The lowest BCUT2D eigenvalue weighted by molar-refractivity contribution is -0.218. The third-order valence-electron chi connectivity index (χ3n) is 4.10. The van der Waals surface area contributed by atoms with E-state index in [9.17, 15) is 26.4 Å². The lowest BCUT2D eigenvalue weighted by atomic mass is 9.72. The molecule has 0 spiro atoms. The van der Waals surface area contributed by atoms with Crippen molar-refractivity contribution in [1.29, 1.82) is 0 Å². The Balaban J connectivity index is 2.01. The number of hydrogen-bond acceptors (Lipinski definition) is 4. The van der Waals surface area contributed by atoms with Crippen LogP contribution in [0, 0.1) is 17.8 Å². The Labute approximate surface area is 131 Å². The highest BCUT2D eigenvalue weighted by Gasteiger charge is 2.46. The van der Waals surface area contributed by atoms with Crippen LogP contribution in [0.4, 0.5) is 13.2 Å². The fraction of sp³-hybridized carbons (Fsp3) is 0.643. The molecule has 4 atom stereocenters. The van der Waals surface area contributed by atoms with Gasteiger partial charge in [0, 0.05) is 0 Å². The van der Waals surface area contributed by atoms with Crippen LogP contribution in [-0.4, -0.2) is 37.0 Å². The van der Waals surface area contributed by atoms with Crippen molar-refractivity contribution in [2.45, 2.75) is 31.5 Å². The zero-order chi connectivity index (χ0) is 17.3. The summed E-state index contributed by atoms with van der Waals surface area (Å²) in [5, 5.41) is 0. The first-order chi connectivity index (χ1) is 10.6. The van der Waals surface area contributed by atoms with Gasteiger partial charge >= 0.3 is 12.1 Å². The normalized spacial score (nSPS) is 29.0. The minimum atomic E-state index is -5.06. The highest BCUT2D eigenvalue weighted by molar-refractivity contribution is 7.85. The molecule has 0 saturated heterocycles.